The van der Waals surface area contributed by atoms with Crippen LogP contribution in [0.5, 0.6) is 5.75 Å². The van der Waals surface area contributed by atoms with Crippen molar-refractivity contribution in [3.8, 4) is 5.75 Å². The predicted octanol–water partition coefficient (Wildman–Crippen LogP) is 2.63. The van der Waals surface area contributed by atoms with E-state index < -0.39 is 0 Å². The number of amides is 2. The Labute approximate surface area is 120 Å². The van der Waals surface area contributed by atoms with E-state index in [1.165, 1.54) is 0 Å². The molecule has 0 aliphatic carbocycles. The zero-order valence-corrected chi connectivity index (χ0v) is 12.5. The van der Waals surface area contributed by atoms with E-state index in [-0.39, 0.29) is 12.6 Å². The van der Waals surface area contributed by atoms with Gasteiger partial charge in [-0.1, -0.05) is 6.92 Å². The minimum atomic E-state index is -0.187. The maximum Gasteiger partial charge on any atom is 0.321 e. The van der Waals surface area contributed by atoms with Crippen molar-refractivity contribution in [2.24, 2.45) is 0 Å². The van der Waals surface area contributed by atoms with E-state index in [4.69, 9.17) is 9.84 Å². The van der Waals surface area contributed by atoms with E-state index in [9.17, 15) is 4.79 Å². The number of ether oxygens (including phenoxy) is 1. The van der Waals surface area contributed by atoms with Crippen LogP contribution in [0.2, 0.25) is 0 Å². The second-order valence-electron chi connectivity index (χ2n) is 4.55. The summed E-state index contributed by atoms with van der Waals surface area (Å²) in [4.78, 5) is 13.7. The number of hydrogen-bond donors (Lipinski definition) is 2. The van der Waals surface area contributed by atoms with Crippen LogP contribution in [0.3, 0.4) is 0 Å². The molecule has 1 aromatic rings. The smallest absolute Gasteiger partial charge is 0.321 e. The van der Waals surface area contributed by atoms with Gasteiger partial charge in [0.15, 0.2) is 0 Å². The Hall–Kier alpha value is -1.75. The van der Waals surface area contributed by atoms with Crippen LogP contribution in [0, 0.1) is 6.92 Å². The lowest BCUT2D eigenvalue weighted by Gasteiger charge is -2.22. The van der Waals surface area contributed by atoms with Gasteiger partial charge in [-0.3, -0.25) is 0 Å². The molecule has 0 spiro atoms. The lowest BCUT2D eigenvalue weighted by molar-refractivity contribution is 0.188. The number of aryl methyl sites for hydroxylation is 1. The molecular formula is C15H24N2O3. The van der Waals surface area contributed by atoms with Crippen molar-refractivity contribution in [3.63, 3.8) is 0 Å². The van der Waals surface area contributed by atoms with Crippen molar-refractivity contribution < 1.29 is 14.6 Å². The fourth-order valence-corrected chi connectivity index (χ4v) is 1.93. The number of benzene rings is 1. The lowest BCUT2D eigenvalue weighted by Crippen LogP contribution is -2.37. The molecule has 0 aliphatic rings. The van der Waals surface area contributed by atoms with Crippen molar-refractivity contribution in [3.05, 3.63) is 23.8 Å². The minimum absolute atomic E-state index is 0.0321. The Balaban J connectivity index is 2.73. The van der Waals surface area contributed by atoms with Crippen LogP contribution in [0.15, 0.2) is 18.2 Å². The van der Waals surface area contributed by atoms with Gasteiger partial charge in [-0.15, -0.1) is 0 Å². The summed E-state index contributed by atoms with van der Waals surface area (Å²) in [5.74, 6) is 0.795. The molecule has 0 saturated heterocycles. The summed E-state index contributed by atoms with van der Waals surface area (Å²) in [5.41, 5.74) is 1.71. The Kier molecular flexibility index (Phi) is 6.87. The maximum atomic E-state index is 12.1. The summed E-state index contributed by atoms with van der Waals surface area (Å²) in [6, 6.07) is 5.38. The molecule has 1 aromatic carbocycles. The standard InChI is InChI=1S/C15H24N2O3/c1-4-8-17(9-10-18)15(19)16-14-7-6-13(20-5-2)11-12(14)3/h6-7,11,18H,4-5,8-10H2,1-3H3,(H,16,19). The number of nitrogens with one attached hydrogen (secondary N) is 1. The first-order valence-corrected chi connectivity index (χ1v) is 7.02. The number of rotatable bonds is 7. The first-order valence-electron chi connectivity index (χ1n) is 7.02. The molecule has 0 heterocycles. The largest absolute Gasteiger partial charge is 0.494 e. The van der Waals surface area contributed by atoms with Gasteiger partial charge >= 0.3 is 6.03 Å². The minimum Gasteiger partial charge on any atom is -0.494 e. The topological polar surface area (TPSA) is 61.8 Å². The number of carbonyl (C=O) groups is 1. The van der Waals surface area contributed by atoms with Crippen molar-refractivity contribution in [1.82, 2.24) is 4.90 Å². The van der Waals surface area contributed by atoms with Gasteiger partial charge in [-0.2, -0.15) is 0 Å². The number of aliphatic hydroxyl groups is 1. The van der Waals surface area contributed by atoms with Crippen molar-refractivity contribution >= 4 is 11.7 Å². The molecule has 2 amide bonds. The first kappa shape index (κ1) is 16.3. The van der Waals surface area contributed by atoms with E-state index in [1.807, 2.05) is 39.0 Å². The predicted molar refractivity (Wildman–Crippen MR) is 80.3 cm³/mol. The molecule has 0 saturated carbocycles. The van der Waals surface area contributed by atoms with E-state index in [0.29, 0.717) is 19.7 Å². The monoisotopic (exact) mass is 280 g/mol. The number of hydrogen-bond acceptors (Lipinski definition) is 3. The molecular weight excluding hydrogens is 256 g/mol. The third-order valence-electron chi connectivity index (χ3n) is 2.90. The highest BCUT2D eigenvalue weighted by atomic mass is 16.5. The molecule has 0 bridgehead atoms. The zero-order valence-electron chi connectivity index (χ0n) is 12.5. The van der Waals surface area contributed by atoms with Crippen LogP contribution < -0.4 is 10.1 Å². The van der Waals surface area contributed by atoms with Crippen molar-refractivity contribution in [2.45, 2.75) is 27.2 Å². The van der Waals surface area contributed by atoms with Gasteiger partial charge in [0.25, 0.3) is 0 Å². The maximum absolute atomic E-state index is 12.1. The number of aliphatic hydroxyl groups excluding tert-OH is 1. The van der Waals surface area contributed by atoms with E-state index >= 15 is 0 Å². The van der Waals surface area contributed by atoms with E-state index in [2.05, 4.69) is 5.32 Å². The lowest BCUT2D eigenvalue weighted by atomic mass is 10.2. The van der Waals surface area contributed by atoms with E-state index in [1.54, 1.807) is 4.90 Å². The fraction of sp³-hybridized carbons (Fsp3) is 0.533. The molecule has 5 nitrogen and oxygen atoms in total. The molecule has 0 radical (unpaired) electrons. The highest BCUT2D eigenvalue weighted by molar-refractivity contribution is 5.90. The van der Waals surface area contributed by atoms with Gasteiger partial charge in [-0.25, -0.2) is 4.79 Å². The Morgan fingerprint density at radius 2 is 2.10 bits per heavy atom. The summed E-state index contributed by atoms with van der Waals surface area (Å²) in [6.07, 6.45) is 0.857. The second kappa shape index (κ2) is 8.43. The number of carbonyl (C=O) groups excluding carboxylic acids is 1. The number of urea groups is 1. The highest BCUT2D eigenvalue weighted by Crippen LogP contribution is 2.21. The number of anilines is 1. The highest BCUT2D eigenvalue weighted by Gasteiger charge is 2.13. The molecule has 112 valence electrons. The Morgan fingerprint density at radius 3 is 2.65 bits per heavy atom. The Bertz CT molecular complexity index is 429. The molecule has 5 heteroatoms. The van der Waals surface area contributed by atoms with E-state index in [0.717, 1.165) is 23.4 Å². The van der Waals surface area contributed by atoms with Gasteiger partial charge < -0.3 is 20.1 Å². The van der Waals surface area contributed by atoms with Gasteiger partial charge in [0, 0.05) is 18.8 Å². The quantitative estimate of drug-likeness (QED) is 0.807. The summed E-state index contributed by atoms with van der Waals surface area (Å²) in [6.45, 7) is 7.41. The van der Waals surface area contributed by atoms with Crippen LogP contribution in [-0.4, -0.2) is 42.3 Å². The van der Waals surface area contributed by atoms with Gasteiger partial charge in [0.1, 0.15) is 5.75 Å². The molecule has 20 heavy (non-hydrogen) atoms. The summed E-state index contributed by atoms with van der Waals surface area (Å²) in [7, 11) is 0. The van der Waals surface area contributed by atoms with Crippen LogP contribution in [0.25, 0.3) is 0 Å². The average Bonchev–Trinajstić information content (AvgIpc) is 2.42. The molecule has 0 fully saturated rings. The first-order chi connectivity index (χ1) is 9.62. The van der Waals surface area contributed by atoms with Crippen molar-refractivity contribution in [2.75, 3.05) is 31.6 Å². The normalized spacial score (nSPS) is 10.2. The molecule has 0 aliphatic heterocycles. The molecule has 1 rings (SSSR count). The fourth-order valence-electron chi connectivity index (χ4n) is 1.93. The molecule has 2 N–H and O–H groups in total. The van der Waals surface area contributed by atoms with Crippen LogP contribution in [0.1, 0.15) is 25.8 Å². The number of nitrogens with zero attached hydrogens (tertiary/aromatic N) is 1. The van der Waals surface area contributed by atoms with Gasteiger partial charge in [0.05, 0.1) is 13.2 Å². The van der Waals surface area contributed by atoms with Crippen LogP contribution in [-0.2, 0) is 0 Å². The zero-order chi connectivity index (χ0) is 15.0. The summed E-state index contributed by atoms with van der Waals surface area (Å²) in [5, 5.41) is 11.9. The Morgan fingerprint density at radius 1 is 1.35 bits per heavy atom. The van der Waals surface area contributed by atoms with Crippen LogP contribution >= 0.6 is 0 Å². The van der Waals surface area contributed by atoms with Crippen molar-refractivity contribution in [1.29, 1.82) is 0 Å². The third kappa shape index (κ3) is 4.74. The van der Waals surface area contributed by atoms with Gasteiger partial charge in [-0.05, 0) is 44.0 Å². The molecule has 0 unspecified atom stereocenters. The second-order valence-corrected chi connectivity index (χ2v) is 4.55. The van der Waals surface area contributed by atoms with Crippen LogP contribution in [0.4, 0.5) is 10.5 Å². The summed E-state index contributed by atoms with van der Waals surface area (Å²) >= 11 is 0. The molecule has 0 atom stereocenters. The average molecular weight is 280 g/mol. The molecule has 0 aromatic heterocycles. The SMILES string of the molecule is CCCN(CCO)C(=O)Nc1ccc(OCC)cc1C. The third-order valence-corrected chi connectivity index (χ3v) is 2.90. The summed E-state index contributed by atoms with van der Waals surface area (Å²) < 4.78 is 5.42. The van der Waals surface area contributed by atoms with Gasteiger partial charge in [0.2, 0.25) is 0 Å².